The van der Waals surface area contributed by atoms with Crippen LogP contribution in [0.25, 0.3) is 0 Å². The minimum absolute atomic E-state index is 0.526. The van der Waals surface area contributed by atoms with Crippen molar-refractivity contribution >= 4 is 23.2 Å². The summed E-state index contributed by atoms with van der Waals surface area (Å²) in [5.74, 6) is 0.717. The van der Waals surface area contributed by atoms with Gasteiger partial charge in [0.1, 0.15) is 5.15 Å². The maximum absolute atomic E-state index is 6.26. The lowest BCUT2D eigenvalue weighted by Gasteiger charge is -2.28. The number of nitrogens with one attached hydrogen (secondary N) is 1. The third kappa shape index (κ3) is 4.32. The Labute approximate surface area is 125 Å². The highest BCUT2D eigenvalue weighted by Gasteiger charge is 2.17. The van der Waals surface area contributed by atoms with Gasteiger partial charge in [-0.05, 0) is 51.9 Å². The van der Waals surface area contributed by atoms with Crippen LogP contribution in [0.2, 0.25) is 10.2 Å². The van der Waals surface area contributed by atoms with Crippen molar-refractivity contribution in [2.24, 2.45) is 5.92 Å². The van der Waals surface area contributed by atoms with E-state index < -0.39 is 0 Å². The lowest BCUT2D eigenvalue weighted by molar-refractivity contribution is 0.237. The predicted molar refractivity (Wildman–Crippen MR) is 80.9 cm³/mol. The third-order valence-electron chi connectivity index (χ3n) is 3.54. The largest absolute Gasteiger partial charge is 0.316 e. The summed E-state index contributed by atoms with van der Waals surface area (Å²) in [7, 11) is 2.11. The molecule has 0 aliphatic carbocycles. The standard InChI is InChI=1S/C14H21Cl2N3/c1-10-6-13(15)12(14(16)18-10)9-19(2)8-11-4-3-5-17-7-11/h6,11,17H,3-5,7-9H2,1-2H3. The van der Waals surface area contributed by atoms with E-state index >= 15 is 0 Å². The van der Waals surface area contributed by atoms with Gasteiger partial charge in [-0.3, -0.25) is 0 Å². The van der Waals surface area contributed by atoms with Crippen LogP contribution in [0.5, 0.6) is 0 Å². The SMILES string of the molecule is Cc1cc(Cl)c(CN(C)CC2CCCNC2)c(Cl)n1. The van der Waals surface area contributed by atoms with Crippen molar-refractivity contribution in [3.05, 3.63) is 27.5 Å². The molecule has 0 spiro atoms. The zero-order chi connectivity index (χ0) is 13.8. The molecule has 1 N–H and O–H groups in total. The van der Waals surface area contributed by atoms with Crippen LogP contribution in [0.4, 0.5) is 0 Å². The number of hydrogen-bond acceptors (Lipinski definition) is 3. The Hall–Kier alpha value is -0.350. The lowest BCUT2D eigenvalue weighted by Crippen LogP contribution is -2.36. The van der Waals surface area contributed by atoms with Gasteiger partial charge in [0.25, 0.3) is 0 Å². The zero-order valence-corrected chi connectivity index (χ0v) is 13.1. The number of halogens is 2. The monoisotopic (exact) mass is 301 g/mol. The van der Waals surface area contributed by atoms with Crippen LogP contribution in [-0.2, 0) is 6.54 Å². The van der Waals surface area contributed by atoms with Crippen LogP contribution in [0.15, 0.2) is 6.07 Å². The van der Waals surface area contributed by atoms with E-state index in [2.05, 4.69) is 22.2 Å². The first-order chi connectivity index (χ1) is 9.06. The first kappa shape index (κ1) is 15.0. The van der Waals surface area contributed by atoms with Gasteiger partial charge < -0.3 is 10.2 Å². The van der Waals surface area contributed by atoms with Gasteiger partial charge in [-0.25, -0.2) is 4.98 Å². The van der Waals surface area contributed by atoms with Gasteiger partial charge in [0, 0.05) is 29.4 Å². The van der Waals surface area contributed by atoms with E-state index in [1.165, 1.54) is 12.8 Å². The minimum atomic E-state index is 0.526. The Morgan fingerprint density at radius 1 is 1.47 bits per heavy atom. The molecule has 0 amide bonds. The van der Waals surface area contributed by atoms with Gasteiger partial charge in [-0.15, -0.1) is 0 Å². The number of piperidine rings is 1. The second-order valence-corrected chi connectivity index (χ2v) is 6.19. The fourth-order valence-corrected chi connectivity index (χ4v) is 3.27. The van der Waals surface area contributed by atoms with Crippen molar-refractivity contribution in [2.45, 2.75) is 26.3 Å². The van der Waals surface area contributed by atoms with E-state index in [-0.39, 0.29) is 0 Å². The Morgan fingerprint density at radius 2 is 2.26 bits per heavy atom. The molecule has 106 valence electrons. The van der Waals surface area contributed by atoms with E-state index in [0.717, 1.165) is 43.4 Å². The topological polar surface area (TPSA) is 28.2 Å². The highest BCUT2D eigenvalue weighted by molar-refractivity contribution is 6.35. The van der Waals surface area contributed by atoms with Gasteiger partial charge in [-0.1, -0.05) is 23.2 Å². The Balaban J connectivity index is 1.96. The average molecular weight is 302 g/mol. The molecule has 19 heavy (non-hydrogen) atoms. The second kappa shape index (κ2) is 6.89. The quantitative estimate of drug-likeness (QED) is 0.866. The van der Waals surface area contributed by atoms with E-state index in [1.807, 2.05) is 13.0 Å². The van der Waals surface area contributed by atoms with Crippen LogP contribution < -0.4 is 5.32 Å². The number of hydrogen-bond donors (Lipinski definition) is 1. The van der Waals surface area contributed by atoms with Crippen molar-refractivity contribution in [1.82, 2.24) is 15.2 Å². The van der Waals surface area contributed by atoms with E-state index in [1.54, 1.807) is 0 Å². The van der Waals surface area contributed by atoms with Gasteiger partial charge in [0.05, 0.1) is 0 Å². The Bertz CT molecular complexity index is 408. The summed E-state index contributed by atoms with van der Waals surface area (Å²) in [6.07, 6.45) is 2.57. The maximum Gasteiger partial charge on any atom is 0.135 e. The molecule has 1 aromatic heterocycles. The maximum atomic E-state index is 6.26. The van der Waals surface area contributed by atoms with Crippen LogP contribution in [0.1, 0.15) is 24.1 Å². The Morgan fingerprint density at radius 3 is 2.89 bits per heavy atom. The predicted octanol–water partition coefficient (Wildman–Crippen LogP) is 3.13. The minimum Gasteiger partial charge on any atom is -0.316 e. The van der Waals surface area contributed by atoms with Gasteiger partial charge in [0.15, 0.2) is 0 Å². The highest BCUT2D eigenvalue weighted by atomic mass is 35.5. The molecule has 1 unspecified atom stereocenters. The molecule has 1 atom stereocenters. The van der Waals surface area contributed by atoms with E-state index in [0.29, 0.717) is 10.2 Å². The van der Waals surface area contributed by atoms with Crippen LogP contribution in [0, 0.1) is 12.8 Å². The summed E-state index contributed by atoms with van der Waals surface area (Å²) in [4.78, 5) is 6.56. The van der Waals surface area contributed by atoms with Crippen LogP contribution in [0.3, 0.4) is 0 Å². The van der Waals surface area contributed by atoms with Gasteiger partial charge >= 0.3 is 0 Å². The molecule has 1 fully saturated rings. The highest BCUT2D eigenvalue weighted by Crippen LogP contribution is 2.25. The van der Waals surface area contributed by atoms with E-state index in [9.17, 15) is 0 Å². The molecule has 0 saturated carbocycles. The smallest absolute Gasteiger partial charge is 0.135 e. The molecular weight excluding hydrogens is 281 g/mol. The molecule has 0 radical (unpaired) electrons. The molecular formula is C14H21Cl2N3. The summed E-state index contributed by atoms with van der Waals surface area (Å²) in [5, 5.41) is 4.68. The fraction of sp³-hybridized carbons (Fsp3) is 0.643. The molecule has 2 rings (SSSR count). The second-order valence-electron chi connectivity index (χ2n) is 5.42. The first-order valence-electron chi connectivity index (χ1n) is 6.77. The van der Waals surface area contributed by atoms with Crippen molar-refractivity contribution in [1.29, 1.82) is 0 Å². The fourth-order valence-electron chi connectivity index (χ4n) is 2.62. The van der Waals surface area contributed by atoms with Crippen LogP contribution >= 0.6 is 23.2 Å². The normalized spacial score (nSPS) is 19.9. The molecule has 1 saturated heterocycles. The van der Waals surface area contributed by atoms with Gasteiger partial charge in [-0.2, -0.15) is 0 Å². The molecule has 0 aromatic carbocycles. The van der Waals surface area contributed by atoms with Crippen molar-refractivity contribution in [3.8, 4) is 0 Å². The van der Waals surface area contributed by atoms with Gasteiger partial charge in [0.2, 0.25) is 0 Å². The summed E-state index contributed by atoms with van der Waals surface area (Å²) >= 11 is 12.4. The molecule has 1 aliphatic heterocycles. The summed E-state index contributed by atoms with van der Waals surface area (Å²) in [5.41, 5.74) is 1.79. The zero-order valence-electron chi connectivity index (χ0n) is 11.5. The third-order valence-corrected chi connectivity index (χ3v) is 4.19. The lowest BCUT2D eigenvalue weighted by atomic mass is 9.99. The number of rotatable bonds is 4. The van der Waals surface area contributed by atoms with Crippen molar-refractivity contribution < 1.29 is 0 Å². The van der Waals surface area contributed by atoms with E-state index in [4.69, 9.17) is 23.2 Å². The Kier molecular flexibility index (Phi) is 5.46. The molecule has 1 aliphatic rings. The molecule has 0 bridgehead atoms. The summed E-state index contributed by atoms with van der Waals surface area (Å²) in [6.45, 7) is 5.98. The average Bonchev–Trinajstić information content (AvgIpc) is 2.35. The molecule has 5 heteroatoms. The molecule has 1 aromatic rings. The number of aromatic nitrogens is 1. The number of aryl methyl sites for hydroxylation is 1. The summed E-state index contributed by atoms with van der Waals surface area (Å²) in [6, 6.07) is 1.87. The van der Waals surface area contributed by atoms with Crippen LogP contribution in [-0.4, -0.2) is 36.6 Å². The number of nitrogens with zero attached hydrogens (tertiary/aromatic N) is 2. The van der Waals surface area contributed by atoms with Crippen molar-refractivity contribution in [3.63, 3.8) is 0 Å². The van der Waals surface area contributed by atoms with Crippen molar-refractivity contribution in [2.75, 3.05) is 26.7 Å². The molecule has 2 heterocycles. The molecule has 3 nitrogen and oxygen atoms in total. The summed E-state index contributed by atoms with van der Waals surface area (Å²) < 4.78 is 0. The number of pyridine rings is 1. The first-order valence-corrected chi connectivity index (χ1v) is 7.52.